The first-order chi connectivity index (χ1) is 12.4. The van der Waals surface area contributed by atoms with E-state index in [9.17, 15) is 14.4 Å². The molecule has 0 saturated carbocycles. The predicted molar refractivity (Wildman–Crippen MR) is 103 cm³/mol. The number of ketones is 1. The molecule has 0 unspecified atom stereocenters. The molecule has 2 rings (SSSR count). The Kier molecular flexibility index (Phi) is 7.50. The number of halogens is 2. The standard InChI is InChI=1S/C18H15Cl2NO4S/c1-11(22)13-4-2-3-5-15(13)21-17(23)9-25-18(24)10-26-16-8-12(19)6-7-14(16)20/h2-8H,9-10H2,1H3,(H,21,23). The van der Waals surface area contributed by atoms with Crippen molar-refractivity contribution < 1.29 is 19.1 Å². The van der Waals surface area contributed by atoms with Gasteiger partial charge in [-0.1, -0.05) is 35.3 Å². The molecule has 1 amide bonds. The van der Waals surface area contributed by atoms with Crippen molar-refractivity contribution in [3.8, 4) is 0 Å². The molecule has 2 aromatic rings. The predicted octanol–water partition coefficient (Wildman–Crippen LogP) is 4.47. The van der Waals surface area contributed by atoms with Crippen LogP contribution in [0.1, 0.15) is 17.3 Å². The van der Waals surface area contributed by atoms with Gasteiger partial charge in [0.2, 0.25) is 0 Å². The number of rotatable bonds is 7. The monoisotopic (exact) mass is 411 g/mol. The molecule has 136 valence electrons. The number of nitrogens with one attached hydrogen (secondary N) is 1. The summed E-state index contributed by atoms with van der Waals surface area (Å²) in [5.74, 6) is -1.29. The smallest absolute Gasteiger partial charge is 0.316 e. The summed E-state index contributed by atoms with van der Waals surface area (Å²) < 4.78 is 4.94. The van der Waals surface area contributed by atoms with Gasteiger partial charge in [0.25, 0.3) is 5.91 Å². The van der Waals surface area contributed by atoms with E-state index in [0.717, 1.165) is 11.8 Å². The number of hydrogen-bond acceptors (Lipinski definition) is 5. The molecule has 0 aliphatic heterocycles. The lowest BCUT2D eigenvalue weighted by Crippen LogP contribution is -2.22. The van der Waals surface area contributed by atoms with E-state index in [4.69, 9.17) is 27.9 Å². The van der Waals surface area contributed by atoms with Gasteiger partial charge in [0.15, 0.2) is 12.4 Å². The van der Waals surface area contributed by atoms with Gasteiger partial charge in [-0.25, -0.2) is 0 Å². The molecule has 26 heavy (non-hydrogen) atoms. The van der Waals surface area contributed by atoms with Gasteiger partial charge in [-0.15, -0.1) is 11.8 Å². The Morgan fingerprint density at radius 2 is 1.85 bits per heavy atom. The van der Waals surface area contributed by atoms with Crippen molar-refractivity contribution in [2.45, 2.75) is 11.8 Å². The third-order valence-electron chi connectivity index (χ3n) is 3.18. The molecule has 0 atom stereocenters. The maximum absolute atomic E-state index is 11.9. The van der Waals surface area contributed by atoms with Gasteiger partial charge < -0.3 is 10.1 Å². The van der Waals surface area contributed by atoms with Gasteiger partial charge in [0.1, 0.15) is 0 Å². The Labute approximate surface area is 165 Å². The van der Waals surface area contributed by atoms with E-state index in [1.807, 2.05) is 0 Å². The number of benzene rings is 2. The van der Waals surface area contributed by atoms with Crippen molar-refractivity contribution >= 4 is 58.3 Å². The van der Waals surface area contributed by atoms with Gasteiger partial charge >= 0.3 is 5.97 Å². The van der Waals surface area contributed by atoms with Crippen molar-refractivity contribution in [2.75, 3.05) is 17.7 Å². The minimum Gasteiger partial charge on any atom is -0.455 e. The zero-order chi connectivity index (χ0) is 19.1. The molecular weight excluding hydrogens is 397 g/mol. The van der Waals surface area contributed by atoms with E-state index in [1.54, 1.807) is 42.5 Å². The van der Waals surface area contributed by atoms with E-state index < -0.39 is 18.5 Å². The fourth-order valence-electron chi connectivity index (χ4n) is 2.00. The fourth-order valence-corrected chi connectivity index (χ4v) is 3.29. The molecule has 0 radical (unpaired) electrons. The minimum absolute atomic E-state index is 0.0165. The summed E-state index contributed by atoms with van der Waals surface area (Å²) in [6.45, 7) is 0.956. The Morgan fingerprint density at radius 1 is 1.12 bits per heavy atom. The van der Waals surface area contributed by atoms with Crippen molar-refractivity contribution in [3.63, 3.8) is 0 Å². The summed E-state index contributed by atoms with van der Waals surface area (Å²) in [7, 11) is 0. The lowest BCUT2D eigenvalue weighted by Gasteiger charge is -2.09. The van der Waals surface area contributed by atoms with Crippen LogP contribution >= 0.6 is 35.0 Å². The number of Topliss-reactive ketones (excluding diaryl/α,β-unsaturated/α-hetero) is 1. The second kappa shape index (κ2) is 9.62. The number of thioether (sulfide) groups is 1. The van der Waals surface area contributed by atoms with Crippen LogP contribution in [0.4, 0.5) is 5.69 Å². The maximum Gasteiger partial charge on any atom is 0.316 e. The Balaban J connectivity index is 1.83. The molecule has 0 saturated heterocycles. The number of carbonyl (C=O) groups is 3. The van der Waals surface area contributed by atoms with Crippen LogP contribution in [0.5, 0.6) is 0 Å². The van der Waals surface area contributed by atoms with Crippen LogP contribution in [0.2, 0.25) is 10.0 Å². The second-order valence-corrected chi connectivity index (χ2v) is 7.03. The molecule has 8 heteroatoms. The van der Waals surface area contributed by atoms with Crippen LogP contribution in [0, 0.1) is 0 Å². The largest absolute Gasteiger partial charge is 0.455 e. The second-order valence-electron chi connectivity index (χ2n) is 5.17. The summed E-state index contributed by atoms with van der Waals surface area (Å²) >= 11 is 13.1. The summed E-state index contributed by atoms with van der Waals surface area (Å²) in [4.78, 5) is 35.9. The maximum atomic E-state index is 11.9. The lowest BCUT2D eigenvalue weighted by atomic mass is 10.1. The van der Waals surface area contributed by atoms with Crippen molar-refractivity contribution in [2.24, 2.45) is 0 Å². The highest BCUT2D eigenvalue weighted by atomic mass is 35.5. The minimum atomic E-state index is -0.568. The highest BCUT2D eigenvalue weighted by Crippen LogP contribution is 2.29. The molecular formula is C18H15Cl2NO4S. The van der Waals surface area contributed by atoms with Crippen LogP contribution in [-0.2, 0) is 14.3 Å². The molecule has 2 aromatic carbocycles. The molecule has 0 bridgehead atoms. The summed E-state index contributed by atoms with van der Waals surface area (Å²) in [5.41, 5.74) is 0.763. The van der Waals surface area contributed by atoms with Crippen LogP contribution in [0.25, 0.3) is 0 Å². The zero-order valence-corrected chi connectivity index (χ0v) is 16.1. The highest BCUT2D eigenvalue weighted by Gasteiger charge is 2.13. The molecule has 0 heterocycles. The molecule has 0 spiro atoms. The number of hydrogen-bond donors (Lipinski definition) is 1. The molecule has 0 aromatic heterocycles. The van der Waals surface area contributed by atoms with Gasteiger partial charge in [0, 0.05) is 15.5 Å². The number of esters is 1. The first-order valence-corrected chi connectivity index (χ1v) is 9.24. The molecule has 0 aliphatic carbocycles. The third-order valence-corrected chi connectivity index (χ3v) is 4.89. The lowest BCUT2D eigenvalue weighted by molar-refractivity contribution is -0.144. The third kappa shape index (κ3) is 6.05. The Hall–Kier alpha value is -2.02. The zero-order valence-electron chi connectivity index (χ0n) is 13.8. The first kappa shape index (κ1) is 20.3. The van der Waals surface area contributed by atoms with Crippen LogP contribution < -0.4 is 5.32 Å². The van der Waals surface area contributed by atoms with Crippen LogP contribution in [-0.4, -0.2) is 30.0 Å². The quantitative estimate of drug-likeness (QED) is 0.413. The van der Waals surface area contributed by atoms with E-state index >= 15 is 0 Å². The van der Waals surface area contributed by atoms with Gasteiger partial charge in [0.05, 0.1) is 16.5 Å². The van der Waals surface area contributed by atoms with E-state index in [0.29, 0.717) is 26.2 Å². The van der Waals surface area contributed by atoms with Crippen molar-refractivity contribution in [1.29, 1.82) is 0 Å². The fraction of sp³-hybridized carbons (Fsp3) is 0.167. The summed E-state index contributed by atoms with van der Waals surface area (Å²) in [5, 5.41) is 3.54. The number of ether oxygens (including phenoxy) is 1. The van der Waals surface area contributed by atoms with E-state index in [1.165, 1.54) is 6.92 Å². The molecule has 0 aliphatic rings. The highest BCUT2D eigenvalue weighted by molar-refractivity contribution is 8.00. The number of anilines is 1. The molecule has 0 fully saturated rings. The normalized spacial score (nSPS) is 10.3. The van der Waals surface area contributed by atoms with Gasteiger partial charge in [-0.3, -0.25) is 14.4 Å². The van der Waals surface area contributed by atoms with Gasteiger partial charge in [-0.05, 0) is 37.3 Å². The average Bonchev–Trinajstić information content (AvgIpc) is 2.61. The number of para-hydroxylation sites is 1. The van der Waals surface area contributed by atoms with Crippen LogP contribution in [0.15, 0.2) is 47.4 Å². The summed E-state index contributed by atoms with van der Waals surface area (Å²) in [6.07, 6.45) is 0. The van der Waals surface area contributed by atoms with Gasteiger partial charge in [-0.2, -0.15) is 0 Å². The molecule has 5 nitrogen and oxygen atoms in total. The van der Waals surface area contributed by atoms with Crippen molar-refractivity contribution in [1.82, 2.24) is 0 Å². The number of amides is 1. The molecule has 1 N–H and O–H groups in total. The van der Waals surface area contributed by atoms with E-state index in [-0.39, 0.29) is 11.5 Å². The average molecular weight is 412 g/mol. The van der Waals surface area contributed by atoms with Crippen LogP contribution in [0.3, 0.4) is 0 Å². The number of carbonyl (C=O) groups excluding carboxylic acids is 3. The first-order valence-electron chi connectivity index (χ1n) is 7.50. The SMILES string of the molecule is CC(=O)c1ccccc1NC(=O)COC(=O)CSc1cc(Cl)ccc1Cl. The van der Waals surface area contributed by atoms with Crippen molar-refractivity contribution in [3.05, 3.63) is 58.1 Å². The summed E-state index contributed by atoms with van der Waals surface area (Å²) in [6, 6.07) is 11.5. The Bertz CT molecular complexity index is 842. The topological polar surface area (TPSA) is 72.5 Å². The Morgan fingerprint density at radius 3 is 2.58 bits per heavy atom. The van der Waals surface area contributed by atoms with E-state index in [2.05, 4.69) is 5.32 Å².